The first-order valence-corrected chi connectivity index (χ1v) is 5.43. The van der Waals surface area contributed by atoms with Crippen LogP contribution in [0.1, 0.15) is 11.4 Å². The number of benzene rings is 1. The molecule has 0 amide bonds. The van der Waals surface area contributed by atoms with Crippen molar-refractivity contribution in [1.29, 1.82) is 0 Å². The summed E-state index contributed by atoms with van der Waals surface area (Å²) in [7, 11) is 1.40. The van der Waals surface area contributed by atoms with E-state index in [9.17, 15) is 4.39 Å². The van der Waals surface area contributed by atoms with Crippen molar-refractivity contribution in [1.82, 2.24) is 9.97 Å². The van der Waals surface area contributed by atoms with Crippen molar-refractivity contribution in [3.05, 3.63) is 41.5 Å². The summed E-state index contributed by atoms with van der Waals surface area (Å²) in [4.78, 5) is 8.45. The minimum atomic E-state index is -0.434. The molecule has 4 nitrogen and oxygen atoms in total. The van der Waals surface area contributed by atoms with Crippen molar-refractivity contribution in [2.24, 2.45) is 0 Å². The number of hydrogen-bond donors (Lipinski definition) is 1. The first-order chi connectivity index (χ1) is 8.63. The maximum atomic E-state index is 13.3. The molecule has 0 bridgehead atoms. The largest absolute Gasteiger partial charge is 0.494 e. The Kier molecular flexibility index (Phi) is 3.53. The first kappa shape index (κ1) is 12.4. The minimum absolute atomic E-state index is 0.142. The molecule has 0 fully saturated rings. The molecule has 1 heterocycles. The number of rotatable bonds is 3. The zero-order chi connectivity index (χ0) is 13.1. The summed E-state index contributed by atoms with van der Waals surface area (Å²) in [6, 6.07) is 6.11. The van der Waals surface area contributed by atoms with Crippen LogP contribution >= 0.6 is 0 Å². The molecule has 5 heteroatoms. The molecule has 2 aromatic rings. The van der Waals surface area contributed by atoms with Gasteiger partial charge in [-0.1, -0.05) is 0 Å². The highest BCUT2D eigenvalue weighted by Gasteiger charge is 2.09. The lowest BCUT2D eigenvalue weighted by atomic mass is 10.2. The monoisotopic (exact) mass is 248 g/mol. The van der Waals surface area contributed by atoms with Crippen LogP contribution in [0.3, 0.4) is 0 Å². The van der Waals surface area contributed by atoms with Crippen molar-refractivity contribution in [2.45, 2.75) is 13.5 Å². The zero-order valence-electron chi connectivity index (χ0n) is 10.1. The highest BCUT2D eigenvalue weighted by molar-refractivity contribution is 5.58. The molecule has 0 radical (unpaired) electrons. The highest BCUT2D eigenvalue weighted by atomic mass is 19.1. The molecule has 0 spiro atoms. The molecule has 1 aromatic heterocycles. The van der Waals surface area contributed by atoms with E-state index in [1.807, 2.05) is 6.92 Å². The van der Waals surface area contributed by atoms with E-state index >= 15 is 0 Å². The lowest BCUT2D eigenvalue weighted by Crippen LogP contribution is -1.98. The average molecular weight is 248 g/mol. The molecule has 1 aromatic carbocycles. The van der Waals surface area contributed by atoms with Crippen LogP contribution in [0.5, 0.6) is 5.75 Å². The van der Waals surface area contributed by atoms with Crippen LogP contribution in [-0.4, -0.2) is 22.2 Å². The summed E-state index contributed by atoms with van der Waals surface area (Å²) >= 11 is 0. The van der Waals surface area contributed by atoms with Gasteiger partial charge >= 0.3 is 0 Å². The van der Waals surface area contributed by atoms with Gasteiger partial charge in [-0.2, -0.15) is 0 Å². The summed E-state index contributed by atoms with van der Waals surface area (Å²) in [6.07, 6.45) is 0. The summed E-state index contributed by atoms with van der Waals surface area (Å²) in [5, 5.41) is 9.10. The Morgan fingerprint density at radius 2 is 2.06 bits per heavy atom. The molecule has 0 aliphatic carbocycles. The molecular weight excluding hydrogens is 235 g/mol. The van der Waals surface area contributed by atoms with Crippen LogP contribution in [0.25, 0.3) is 11.4 Å². The number of aliphatic hydroxyl groups excluding tert-OH is 1. The van der Waals surface area contributed by atoms with Gasteiger partial charge in [0.25, 0.3) is 0 Å². The van der Waals surface area contributed by atoms with Gasteiger partial charge in [-0.25, -0.2) is 14.4 Å². The van der Waals surface area contributed by atoms with E-state index in [2.05, 4.69) is 9.97 Å². The predicted molar refractivity (Wildman–Crippen MR) is 64.6 cm³/mol. The molecule has 0 unspecified atom stereocenters. The highest BCUT2D eigenvalue weighted by Crippen LogP contribution is 2.24. The smallest absolute Gasteiger partial charge is 0.165 e. The second kappa shape index (κ2) is 5.10. The predicted octanol–water partition coefficient (Wildman–Crippen LogP) is 2.09. The van der Waals surface area contributed by atoms with Crippen molar-refractivity contribution in [2.75, 3.05) is 7.11 Å². The second-order valence-electron chi connectivity index (χ2n) is 3.83. The number of hydrogen-bond acceptors (Lipinski definition) is 4. The van der Waals surface area contributed by atoms with Gasteiger partial charge in [-0.3, -0.25) is 0 Å². The Balaban J connectivity index is 2.51. The number of methoxy groups -OCH3 is 1. The number of ether oxygens (including phenoxy) is 1. The quantitative estimate of drug-likeness (QED) is 0.903. The lowest BCUT2D eigenvalue weighted by Gasteiger charge is -2.07. The fourth-order valence-electron chi connectivity index (χ4n) is 1.64. The molecule has 0 atom stereocenters. The third-order valence-corrected chi connectivity index (χ3v) is 2.48. The van der Waals surface area contributed by atoms with E-state index in [-0.39, 0.29) is 12.4 Å². The average Bonchev–Trinajstić information content (AvgIpc) is 2.38. The molecule has 18 heavy (non-hydrogen) atoms. The van der Waals surface area contributed by atoms with Crippen LogP contribution < -0.4 is 4.74 Å². The summed E-state index contributed by atoms with van der Waals surface area (Å²) < 4.78 is 18.2. The standard InChI is InChI=1S/C13H13FN2O2/c1-8-5-10(7-17)16-13(15-8)9-3-4-11(14)12(6-9)18-2/h3-6,17H,7H2,1-2H3. The van der Waals surface area contributed by atoms with Crippen LogP contribution in [0, 0.1) is 12.7 Å². The Morgan fingerprint density at radius 1 is 1.28 bits per heavy atom. The number of aliphatic hydroxyl groups is 1. The molecule has 0 saturated heterocycles. The maximum absolute atomic E-state index is 13.3. The summed E-state index contributed by atoms with van der Waals surface area (Å²) in [6.45, 7) is 1.65. The third kappa shape index (κ3) is 2.46. The van der Waals surface area contributed by atoms with Gasteiger partial charge in [-0.15, -0.1) is 0 Å². The van der Waals surface area contributed by atoms with Gasteiger partial charge in [0.05, 0.1) is 19.4 Å². The topological polar surface area (TPSA) is 55.2 Å². The summed E-state index contributed by atoms with van der Waals surface area (Å²) in [5.41, 5.74) is 1.92. The van der Waals surface area contributed by atoms with Gasteiger partial charge in [0.1, 0.15) is 0 Å². The van der Waals surface area contributed by atoms with Gasteiger partial charge in [0, 0.05) is 11.3 Å². The molecule has 0 aliphatic rings. The molecule has 0 aliphatic heterocycles. The zero-order valence-corrected chi connectivity index (χ0v) is 10.1. The second-order valence-corrected chi connectivity index (χ2v) is 3.83. The normalized spacial score (nSPS) is 10.4. The van der Waals surface area contributed by atoms with E-state index in [4.69, 9.17) is 9.84 Å². The van der Waals surface area contributed by atoms with E-state index in [0.29, 0.717) is 17.1 Å². The fourth-order valence-corrected chi connectivity index (χ4v) is 1.64. The maximum Gasteiger partial charge on any atom is 0.165 e. The third-order valence-electron chi connectivity index (χ3n) is 2.48. The fraction of sp³-hybridized carbons (Fsp3) is 0.231. The van der Waals surface area contributed by atoms with Gasteiger partial charge in [-0.05, 0) is 31.2 Å². The molecule has 1 N–H and O–H groups in total. The van der Waals surface area contributed by atoms with E-state index in [1.54, 1.807) is 12.1 Å². The number of aryl methyl sites for hydroxylation is 1. The van der Waals surface area contributed by atoms with Crippen molar-refractivity contribution in [3.8, 4) is 17.1 Å². The molecule has 94 valence electrons. The summed E-state index contributed by atoms with van der Waals surface area (Å²) in [5.74, 6) is 0.150. The molecule has 0 saturated carbocycles. The minimum Gasteiger partial charge on any atom is -0.494 e. The number of halogens is 1. The SMILES string of the molecule is COc1cc(-c2nc(C)cc(CO)n2)ccc1F. The van der Waals surface area contributed by atoms with Crippen molar-refractivity contribution < 1.29 is 14.2 Å². The Bertz CT molecular complexity index is 573. The Labute approximate surface area is 104 Å². The number of aromatic nitrogens is 2. The Hall–Kier alpha value is -2.01. The first-order valence-electron chi connectivity index (χ1n) is 5.43. The lowest BCUT2D eigenvalue weighted by molar-refractivity contribution is 0.276. The van der Waals surface area contributed by atoms with Crippen LogP contribution in [-0.2, 0) is 6.61 Å². The van der Waals surface area contributed by atoms with Crippen LogP contribution in [0.2, 0.25) is 0 Å². The van der Waals surface area contributed by atoms with E-state index in [1.165, 1.54) is 19.2 Å². The van der Waals surface area contributed by atoms with Crippen LogP contribution in [0.15, 0.2) is 24.3 Å². The molecular formula is C13H13FN2O2. The van der Waals surface area contributed by atoms with Crippen molar-refractivity contribution >= 4 is 0 Å². The van der Waals surface area contributed by atoms with E-state index < -0.39 is 5.82 Å². The van der Waals surface area contributed by atoms with Gasteiger partial charge in [0.2, 0.25) is 0 Å². The van der Waals surface area contributed by atoms with Crippen LogP contribution in [0.4, 0.5) is 4.39 Å². The van der Waals surface area contributed by atoms with E-state index in [0.717, 1.165) is 5.69 Å². The van der Waals surface area contributed by atoms with Gasteiger partial charge in [0.15, 0.2) is 17.4 Å². The number of nitrogens with zero attached hydrogens (tertiary/aromatic N) is 2. The van der Waals surface area contributed by atoms with Crippen molar-refractivity contribution in [3.63, 3.8) is 0 Å². The molecule has 2 rings (SSSR count). The Morgan fingerprint density at radius 3 is 2.72 bits per heavy atom. The van der Waals surface area contributed by atoms with Gasteiger partial charge < -0.3 is 9.84 Å².